The Hall–Kier alpha value is -1.50. The van der Waals surface area contributed by atoms with Crippen LogP contribution in [0.3, 0.4) is 0 Å². The topological polar surface area (TPSA) is 12.0 Å². The molecule has 0 saturated heterocycles. The molecule has 3 rings (SSSR count). The molecule has 0 radical (unpaired) electrons. The zero-order valence-electron chi connectivity index (χ0n) is 11.7. The first-order valence-corrected chi connectivity index (χ1v) is 7.42. The lowest BCUT2D eigenvalue weighted by atomic mass is 9.83. The standard InChI is InChI=1S/C18H23N/c1-3-15(18-11-14-6-7-16(18)10-14)12-19-17-8-4-13(2)5-9-17/h3-5,8-9,12,14,16,18-19H,1,6-7,10-11H2,2H3/b15-12-. The van der Waals surface area contributed by atoms with Gasteiger partial charge in [-0.3, -0.25) is 0 Å². The van der Waals surface area contributed by atoms with E-state index in [1.807, 2.05) is 6.08 Å². The summed E-state index contributed by atoms with van der Waals surface area (Å²) in [6.07, 6.45) is 9.91. The van der Waals surface area contributed by atoms with Crippen LogP contribution in [0.25, 0.3) is 0 Å². The molecule has 0 heterocycles. The molecule has 2 fully saturated rings. The highest BCUT2D eigenvalue weighted by Gasteiger charge is 2.40. The number of nitrogens with one attached hydrogen (secondary N) is 1. The Balaban J connectivity index is 1.70. The number of hydrogen-bond acceptors (Lipinski definition) is 1. The molecule has 1 heteroatoms. The summed E-state index contributed by atoms with van der Waals surface area (Å²) in [5.74, 6) is 2.64. The van der Waals surface area contributed by atoms with E-state index in [1.54, 1.807) is 0 Å². The van der Waals surface area contributed by atoms with Crippen LogP contribution in [-0.4, -0.2) is 0 Å². The molecule has 100 valence electrons. The zero-order chi connectivity index (χ0) is 13.2. The molecule has 3 atom stereocenters. The Kier molecular flexibility index (Phi) is 3.46. The van der Waals surface area contributed by atoms with E-state index in [0.29, 0.717) is 0 Å². The van der Waals surface area contributed by atoms with Gasteiger partial charge in [0, 0.05) is 11.9 Å². The van der Waals surface area contributed by atoms with Gasteiger partial charge >= 0.3 is 0 Å². The summed E-state index contributed by atoms with van der Waals surface area (Å²) in [4.78, 5) is 0. The van der Waals surface area contributed by atoms with Crippen molar-refractivity contribution in [1.82, 2.24) is 0 Å². The van der Waals surface area contributed by atoms with E-state index in [0.717, 1.165) is 23.4 Å². The van der Waals surface area contributed by atoms with Crippen molar-refractivity contribution >= 4 is 5.69 Å². The van der Waals surface area contributed by atoms with Crippen molar-refractivity contribution < 1.29 is 0 Å². The summed E-state index contributed by atoms with van der Waals surface area (Å²) < 4.78 is 0. The van der Waals surface area contributed by atoms with Crippen LogP contribution in [0.15, 0.2) is 48.7 Å². The predicted molar refractivity (Wildman–Crippen MR) is 82.0 cm³/mol. The van der Waals surface area contributed by atoms with Gasteiger partial charge in [0.1, 0.15) is 0 Å². The molecule has 2 bridgehead atoms. The average molecular weight is 253 g/mol. The van der Waals surface area contributed by atoms with Gasteiger partial charge in [0.2, 0.25) is 0 Å². The van der Waals surface area contributed by atoms with E-state index >= 15 is 0 Å². The van der Waals surface area contributed by atoms with Gasteiger partial charge in [-0.15, -0.1) is 0 Å². The number of hydrogen-bond donors (Lipinski definition) is 1. The summed E-state index contributed by atoms with van der Waals surface area (Å²) >= 11 is 0. The molecule has 0 aromatic heterocycles. The molecule has 19 heavy (non-hydrogen) atoms. The van der Waals surface area contributed by atoms with Crippen LogP contribution in [0.5, 0.6) is 0 Å². The Bertz CT molecular complexity index is 483. The van der Waals surface area contributed by atoms with E-state index in [2.05, 4.69) is 49.3 Å². The third kappa shape index (κ3) is 2.60. The van der Waals surface area contributed by atoms with Crippen LogP contribution in [-0.2, 0) is 0 Å². The number of rotatable bonds is 4. The van der Waals surface area contributed by atoms with Crippen molar-refractivity contribution in [3.05, 3.63) is 54.3 Å². The van der Waals surface area contributed by atoms with Crippen LogP contribution in [0.2, 0.25) is 0 Å². The molecule has 1 N–H and O–H groups in total. The second-order valence-electron chi connectivity index (χ2n) is 6.14. The first kappa shape index (κ1) is 12.5. The van der Waals surface area contributed by atoms with E-state index in [4.69, 9.17) is 0 Å². The van der Waals surface area contributed by atoms with E-state index in [1.165, 1.54) is 36.8 Å². The van der Waals surface area contributed by atoms with Crippen LogP contribution in [0.4, 0.5) is 5.69 Å². The van der Waals surface area contributed by atoms with Crippen molar-refractivity contribution in [3.8, 4) is 0 Å². The van der Waals surface area contributed by atoms with E-state index < -0.39 is 0 Å². The number of allylic oxidation sites excluding steroid dienone is 2. The van der Waals surface area contributed by atoms with Crippen molar-refractivity contribution in [2.24, 2.45) is 17.8 Å². The van der Waals surface area contributed by atoms with Gasteiger partial charge in [-0.25, -0.2) is 0 Å². The Morgan fingerprint density at radius 2 is 2.00 bits per heavy atom. The van der Waals surface area contributed by atoms with Crippen LogP contribution in [0.1, 0.15) is 31.2 Å². The minimum Gasteiger partial charge on any atom is -0.361 e. The highest BCUT2D eigenvalue weighted by Crippen LogP contribution is 2.51. The minimum absolute atomic E-state index is 0.745. The number of fused-ring (bicyclic) bond motifs is 2. The van der Waals surface area contributed by atoms with Gasteiger partial charge in [-0.05, 0) is 61.6 Å². The van der Waals surface area contributed by atoms with Gasteiger partial charge in [0.25, 0.3) is 0 Å². The third-order valence-corrected chi connectivity index (χ3v) is 4.86. The van der Waals surface area contributed by atoms with Crippen molar-refractivity contribution in [2.75, 3.05) is 5.32 Å². The molecule has 2 aliphatic rings. The summed E-state index contributed by atoms with van der Waals surface area (Å²) in [6.45, 7) is 6.12. The van der Waals surface area contributed by atoms with Gasteiger partial charge in [-0.2, -0.15) is 0 Å². The van der Waals surface area contributed by atoms with Gasteiger partial charge < -0.3 is 5.32 Å². The smallest absolute Gasteiger partial charge is 0.0380 e. The van der Waals surface area contributed by atoms with Crippen LogP contribution in [0, 0.1) is 24.7 Å². The highest BCUT2D eigenvalue weighted by molar-refractivity contribution is 5.48. The maximum absolute atomic E-state index is 4.01. The summed E-state index contributed by atoms with van der Waals surface area (Å²) in [5.41, 5.74) is 3.85. The van der Waals surface area contributed by atoms with Gasteiger partial charge in [0.05, 0.1) is 0 Å². The Morgan fingerprint density at radius 1 is 1.21 bits per heavy atom. The largest absolute Gasteiger partial charge is 0.361 e. The Morgan fingerprint density at radius 3 is 2.58 bits per heavy atom. The average Bonchev–Trinajstić information content (AvgIpc) is 3.04. The second kappa shape index (κ2) is 5.24. The molecule has 1 nitrogen and oxygen atoms in total. The van der Waals surface area contributed by atoms with Crippen molar-refractivity contribution in [1.29, 1.82) is 0 Å². The lowest BCUT2D eigenvalue weighted by molar-refractivity contribution is 0.383. The first-order chi connectivity index (χ1) is 9.26. The molecular weight excluding hydrogens is 230 g/mol. The van der Waals surface area contributed by atoms with Crippen molar-refractivity contribution in [3.63, 3.8) is 0 Å². The fourth-order valence-electron chi connectivity index (χ4n) is 3.79. The number of anilines is 1. The lowest BCUT2D eigenvalue weighted by Crippen LogP contribution is -2.12. The third-order valence-electron chi connectivity index (χ3n) is 4.86. The van der Waals surface area contributed by atoms with Gasteiger partial charge in [-0.1, -0.05) is 36.8 Å². The SMILES string of the molecule is C=C/C(=C/Nc1ccc(C)cc1)C1CC2CCC1C2. The molecule has 0 aliphatic heterocycles. The Labute approximate surface area is 116 Å². The fourth-order valence-corrected chi connectivity index (χ4v) is 3.79. The van der Waals surface area contributed by atoms with Crippen LogP contribution < -0.4 is 5.32 Å². The highest BCUT2D eigenvalue weighted by atomic mass is 14.8. The van der Waals surface area contributed by atoms with Crippen LogP contribution >= 0.6 is 0 Å². The molecule has 2 aliphatic carbocycles. The maximum Gasteiger partial charge on any atom is 0.0380 e. The zero-order valence-corrected chi connectivity index (χ0v) is 11.7. The normalized spacial score (nSPS) is 29.5. The molecule has 2 saturated carbocycles. The lowest BCUT2D eigenvalue weighted by Gasteiger charge is -2.23. The molecule has 1 aromatic carbocycles. The summed E-state index contributed by atoms with van der Waals surface area (Å²) in [5, 5.41) is 3.43. The monoisotopic (exact) mass is 253 g/mol. The predicted octanol–water partition coefficient (Wildman–Crippen LogP) is 4.91. The summed E-state index contributed by atoms with van der Waals surface area (Å²) in [7, 11) is 0. The molecule has 0 amide bonds. The molecule has 1 aromatic rings. The quantitative estimate of drug-likeness (QED) is 0.751. The molecule has 3 unspecified atom stereocenters. The molecular formula is C18H23N. The van der Waals surface area contributed by atoms with Gasteiger partial charge in [0.15, 0.2) is 0 Å². The number of aryl methyl sites for hydroxylation is 1. The summed E-state index contributed by atoms with van der Waals surface area (Å²) in [6, 6.07) is 8.54. The minimum atomic E-state index is 0.745. The van der Waals surface area contributed by atoms with Crippen molar-refractivity contribution in [2.45, 2.75) is 32.6 Å². The van der Waals surface area contributed by atoms with E-state index in [9.17, 15) is 0 Å². The first-order valence-electron chi connectivity index (χ1n) is 7.42. The van der Waals surface area contributed by atoms with E-state index in [-0.39, 0.29) is 0 Å². The fraction of sp³-hybridized carbons (Fsp3) is 0.444. The number of benzene rings is 1. The maximum atomic E-state index is 4.01. The second-order valence-corrected chi connectivity index (χ2v) is 6.14. The molecule has 0 spiro atoms.